The van der Waals surface area contributed by atoms with Gasteiger partial charge in [-0.15, -0.1) is 0 Å². The molecule has 1 aromatic carbocycles. The van der Waals surface area contributed by atoms with Gasteiger partial charge in [0.1, 0.15) is 13.2 Å². The van der Waals surface area contributed by atoms with Crippen LogP contribution in [0.25, 0.3) is 0 Å². The standard InChI is InChI=1S/C12H16N2O4/c1-14(12(17)18-8-7-15)9-11(16)13-10-5-3-2-4-6-10/h2-6,15H,7-9H2,1H3,(H,13,16). The lowest BCUT2D eigenvalue weighted by Crippen LogP contribution is -2.35. The fourth-order valence-corrected chi connectivity index (χ4v) is 1.25. The Labute approximate surface area is 105 Å². The molecule has 98 valence electrons. The lowest BCUT2D eigenvalue weighted by atomic mass is 10.3. The van der Waals surface area contributed by atoms with Crippen molar-refractivity contribution < 1.29 is 19.4 Å². The van der Waals surface area contributed by atoms with Gasteiger partial charge in [-0.05, 0) is 12.1 Å². The van der Waals surface area contributed by atoms with Crippen molar-refractivity contribution in [2.45, 2.75) is 0 Å². The maximum Gasteiger partial charge on any atom is 0.410 e. The van der Waals surface area contributed by atoms with Crippen LogP contribution in [-0.2, 0) is 9.53 Å². The lowest BCUT2D eigenvalue weighted by Gasteiger charge is -2.16. The Balaban J connectivity index is 2.38. The van der Waals surface area contributed by atoms with Gasteiger partial charge in [-0.3, -0.25) is 4.79 Å². The number of aliphatic hydroxyl groups excluding tert-OH is 1. The van der Waals surface area contributed by atoms with Crippen molar-refractivity contribution in [3.05, 3.63) is 30.3 Å². The van der Waals surface area contributed by atoms with Crippen molar-refractivity contribution in [3.8, 4) is 0 Å². The van der Waals surface area contributed by atoms with Crippen LogP contribution in [0.4, 0.5) is 10.5 Å². The highest BCUT2D eigenvalue weighted by Gasteiger charge is 2.13. The van der Waals surface area contributed by atoms with Gasteiger partial charge in [-0.1, -0.05) is 18.2 Å². The number of nitrogens with one attached hydrogen (secondary N) is 1. The second-order valence-electron chi connectivity index (χ2n) is 3.61. The zero-order valence-electron chi connectivity index (χ0n) is 10.1. The van der Waals surface area contributed by atoms with E-state index in [1.54, 1.807) is 24.3 Å². The van der Waals surface area contributed by atoms with Crippen LogP contribution in [0.2, 0.25) is 0 Å². The average molecular weight is 252 g/mol. The van der Waals surface area contributed by atoms with Crippen LogP contribution >= 0.6 is 0 Å². The van der Waals surface area contributed by atoms with Crippen molar-refractivity contribution in [3.63, 3.8) is 0 Å². The maximum absolute atomic E-state index is 11.6. The molecule has 0 saturated heterocycles. The summed E-state index contributed by atoms with van der Waals surface area (Å²) in [5.74, 6) is -0.315. The van der Waals surface area contributed by atoms with Gasteiger partial charge in [-0.2, -0.15) is 0 Å². The summed E-state index contributed by atoms with van der Waals surface area (Å²) in [6.07, 6.45) is -0.646. The van der Waals surface area contributed by atoms with Crippen molar-refractivity contribution in [1.29, 1.82) is 0 Å². The average Bonchev–Trinajstić information content (AvgIpc) is 2.36. The van der Waals surface area contributed by atoms with Crippen LogP contribution in [-0.4, -0.2) is 48.8 Å². The Morgan fingerprint density at radius 3 is 2.61 bits per heavy atom. The highest BCUT2D eigenvalue weighted by molar-refractivity contribution is 5.93. The van der Waals surface area contributed by atoms with Gasteiger partial charge >= 0.3 is 6.09 Å². The molecule has 0 heterocycles. The minimum absolute atomic E-state index is 0.0799. The molecule has 0 aliphatic heterocycles. The summed E-state index contributed by atoms with van der Waals surface area (Å²) in [7, 11) is 1.45. The first kappa shape index (κ1) is 14.0. The molecule has 1 rings (SSSR count). The highest BCUT2D eigenvalue weighted by Crippen LogP contribution is 2.04. The van der Waals surface area contributed by atoms with Gasteiger partial charge in [0.05, 0.1) is 6.61 Å². The number of rotatable bonds is 5. The molecule has 0 saturated carbocycles. The van der Waals surface area contributed by atoms with Crippen LogP contribution in [0, 0.1) is 0 Å². The van der Waals surface area contributed by atoms with Gasteiger partial charge in [0.15, 0.2) is 0 Å². The number of benzene rings is 1. The fourth-order valence-electron chi connectivity index (χ4n) is 1.25. The van der Waals surface area contributed by atoms with E-state index < -0.39 is 6.09 Å². The molecule has 0 aliphatic carbocycles. The number of hydrogen-bond acceptors (Lipinski definition) is 4. The summed E-state index contributed by atoms with van der Waals surface area (Å²) in [6.45, 7) is -0.432. The summed E-state index contributed by atoms with van der Waals surface area (Å²) >= 11 is 0. The molecule has 0 aromatic heterocycles. The van der Waals surface area contributed by atoms with E-state index in [0.29, 0.717) is 5.69 Å². The van der Waals surface area contributed by atoms with Gasteiger partial charge < -0.3 is 20.1 Å². The number of likely N-dealkylation sites (N-methyl/N-ethyl adjacent to an activating group) is 1. The molecule has 0 spiro atoms. The number of para-hydroxylation sites is 1. The third-order valence-corrected chi connectivity index (χ3v) is 2.07. The van der Waals surface area contributed by atoms with Crippen molar-refractivity contribution in [1.82, 2.24) is 4.90 Å². The Kier molecular flexibility index (Phi) is 5.66. The van der Waals surface area contributed by atoms with E-state index in [1.165, 1.54) is 7.05 Å². The van der Waals surface area contributed by atoms with Gasteiger partial charge in [-0.25, -0.2) is 4.79 Å². The van der Waals surface area contributed by atoms with E-state index in [2.05, 4.69) is 10.1 Å². The molecule has 6 heteroatoms. The predicted molar refractivity (Wildman–Crippen MR) is 66.1 cm³/mol. The molecule has 0 atom stereocenters. The molecular formula is C12H16N2O4. The number of aliphatic hydroxyl groups is 1. The quantitative estimate of drug-likeness (QED) is 0.808. The number of nitrogens with zero attached hydrogens (tertiary/aromatic N) is 1. The molecule has 6 nitrogen and oxygen atoms in total. The molecule has 0 unspecified atom stereocenters. The number of anilines is 1. The Bertz CT molecular complexity index is 394. The molecule has 0 radical (unpaired) electrons. The van der Waals surface area contributed by atoms with Crippen LogP contribution in [0.3, 0.4) is 0 Å². The predicted octanol–water partition coefficient (Wildman–Crippen LogP) is 0.686. The number of amides is 2. The zero-order chi connectivity index (χ0) is 13.4. The first-order chi connectivity index (χ1) is 8.63. The van der Waals surface area contributed by atoms with Gasteiger partial charge in [0, 0.05) is 12.7 Å². The van der Waals surface area contributed by atoms with E-state index in [9.17, 15) is 9.59 Å². The largest absolute Gasteiger partial charge is 0.447 e. The highest BCUT2D eigenvalue weighted by atomic mass is 16.6. The number of carbonyl (C=O) groups is 2. The van der Waals surface area contributed by atoms with Crippen molar-refractivity contribution in [2.24, 2.45) is 0 Å². The summed E-state index contributed by atoms with van der Waals surface area (Å²) in [5.41, 5.74) is 0.666. The zero-order valence-corrected chi connectivity index (χ0v) is 10.1. The number of ether oxygens (including phenoxy) is 1. The Hall–Kier alpha value is -2.08. The molecule has 0 bridgehead atoms. The second-order valence-corrected chi connectivity index (χ2v) is 3.61. The van der Waals surface area contributed by atoms with E-state index >= 15 is 0 Å². The maximum atomic E-state index is 11.6. The molecule has 2 N–H and O–H groups in total. The van der Waals surface area contributed by atoms with Gasteiger partial charge in [0.2, 0.25) is 5.91 Å². The third kappa shape index (κ3) is 4.84. The van der Waals surface area contributed by atoms with Crippen LogP contribution in [0.15, 0.2) is 30.3 Å². The summed E-state index contributed by atoms with van der Waals surface area (Å²) in [4.78, 5) is 24.0. The molecule has 0 aliphatic rings. The molecule has 2 amide bonds. The van der Waals surface area contributed by atoms with Crippen molar-refractivity contribution >= 4 is 17.7 Å². The second kappa shape index (κ2) is 7.29. The summed E-state index contributed by atoms with van der Waals surface area (Å²) in [5, 5.41) is 11.1. The minimum Gasteiger partial charge on any atom is -0.447 e. The van der Waals surface area contributed by atoms with Crippen LogP contribution in [0.1, 0.15) is 0 Å². The topological polar surface area (TPSA) is 78.9 Å². The fraction of sp³-hybridized carbons (Fsp3) is 0.333. The molecular weight excluding hydrogens is 236 g/mol. The Morgan fingerprint density at radius 1 is 1.33 bits per heavy atom. The minimum atomic E-state index is -0.646. The van der Waals surface area contributed by atoms with E-state index in [1.807, 2.05) is 6.07 Å². The number of carbonyl (C=O) groups excluding carboxylic acids is 2. The molecule has 1 aromatic rings. The SMILES string of the molecule is CN(CC(=O)Nc1ccccc1)C(=O)OCCO. The normalized spacial score (nSPS) is 9.67. The summed E-state index contributed by atoms with van der Waals surface area (Å²) < 4.78 is 4.66. The van der Waals surface area contributed by atoms with E-state index in [-0.39, 0.29) is 25.7 Å². The van der Waals surface area contributed by atoms with Crippen LogP contribution in [0.5, 0.6) is 0 Å². The smallest absolute Gasteiger partial charge is 0.410 e. The third-order valence-electron chi connectivity index (χ3n) is 2.07. The van der Waals surface area contributed by atoms with Crippen LogP contribution < -0.4 is 5.32 Å². The monoisotopic (exact) mass is 252 g/mol. The van der Waals surface area contributed by atoms with Crippen molar-refractivity contribution in [2.75, 3.05) is 32.1 Å². The first-order valence-corrected chi connectivity index (χ1v) is 5.47. The van der Waals surface area contributed by atoms with E-state index in [4.69, 9.17) is 5.11 Å². The number of hydrogen-bond donors (Lipinski definition) is 2. The molecule has 18 heavy (non-hydrogen) atoms. The first-order valence-electron chi connectivity index (χ1n) is 5.47. The summed E-state index contributed by atoms with van der Waals surface area (Å²) in [6, 6.07) is 8.95. The lowest BCUT2D eigenvalue weighted by molar-refractivity contribution is -0.116. The van der Waals surface area contributed by atoms with E-state index in [0.717, 1.165) is 4.90 Å². The molecule has 0 fully saturated rings. The van der Waals surface area contributed by atoms with Gasteiger partial charge in [0.25, 0.3) is 0 Å². The Morgan fingerprint density at radius 2 is 2.00 bits per heavy atom.